The van der Waals surface area contributed by atoms with Crippen LogP contribution in [-0.4, -0.2) is 23.2 Å². The Morgan fingerprint density at radius 3 is 3.00 bits per heavy atom. The van der Waals surface area contributed by atoms with E-state index in [-0.39, 0.29) is 18.1 Å². The summed E-state index contributed by atoms with van der Waals surface area (Å²) < 4.78 is 5.27. The average Bonchev–Trinajstić information content (AvgIpc) is 2.64. The molecule has 16 heavy (non-hydrogen) atoms. The van der Waals surface area contributed by atoms with Gasteiger partial charge in [-0.05, 0) is 25.3 Å². The number of aliphatic hydroxyl groups is 1. The number of aliphatic hydroxyl groups excluding tert-OH is 1. The Bertz CT molecular complexity index is 366. The Labute approximate surface area is 94.6 Å². The zero-order chi connectivity index (χ0) is 11.5. The third-order valence-corrected chi connectivity index (χ3v) is 2.92. The lowest BCUT2D eigenvalue weighted by molar-refractivity contribution is 0.0562. The highest BCUT2D eigenvalue weighted by Gasteiger charge is 2.29. The van der Waals surface area contributed by atoms with Gasteiger partial charge in [-0.3, -0.25) is 4.79 Å². The normalized spacial score (nSPS) is 23.9. The van der Waals surface area contributed by atoms with Crippen LogP contribution >= 0.6 is 0 Å². The lowest BCUT2D eigenvalue weighted by Gasteiger charge is -2.31. The summed E-state index contributed by atoms with van der Waals surface area (Å²) in [5.41, 5.74) is 0.628. The Hall–Kier alpha value is -1.29. The van der Waals surface area contributed by atoms with Crippen molar-refractivity contribution in [2.24, 2.45) is 0 Å². The van der Waals surface area contributed by atoms with Crippen LogP contribution in [0.2, 0.25) is 0 Å². The molecule has 0 bridgehead atoms. The Balaban J connectivity index is 1.95. The molecule has 2 N–H and O–H groups in total. The molecule has 0 unspecified atom stereocenters. The van der Waals surface area contributed by atoms with Gasteiger partial charge in [-0.25, -0.2) is 0 Å². The summed E-state index contributed by atoms with van der Waals surface area (Å²) in [6.45, 7) is 2.05. The van der Waals surface area contributed by atoms with E-state index in [2.05, 4.69) is 5.32 Å². The van der Waals surface area contributed by atoms with Crippen molar-refractivity contribution >= 4 is 5.91 Å². The number of hydrogen-bond acceptors (Lipinski definition) is 3. The molecule has 88 valence electrons. The van der Waals surface area contributed by atoms with Crippen LogP contribution in [0.15, 0.2) is 16.7 Å². The van der Waals surface area contributed by atoms with E-state index >= 15 is 0 Å². The topological polar surface area (TPSA) is 62.5 Å². The summed E-state index contributed by atoms with van der Waals surface area (Å²) >= 11 is 0. The molecule has 1 saturated carbocycles. The van der Waals surface area contributed by atoms with Crippen molar-refractivity contribution in [1.29, 1.82) is 0 Å². The summed E-state index contributed by atoms with van der Waals surface area (Å²) in [7, 11) is 0. The molecule has 2 rings (SSSR count). The quantitative estimate of drug-likeness (QED) is 0.812. The maximum atomic E-state index is 11.9. The number of carbonyl (C=O) groups is 1. The first-order chi connectivity index (χ1) is 7.70. The molecule has 1 heterocycles. The lowest BCUT2D eigenvalue weighted by atomic mass is 9.89. The van der Waals surface area contributed by atoms with Gasteiger partial charge in [0.25, 0.3) is 5.91 Å². The second-order valence-electron chi connectivity index (χ2n) is 4.30. The minimum absolute atomic E-state index is 0.0888. The van der Waals surface area contributed by atoms with Crippen molar-refractivity contribution in [3.63, 3.8) is 0 Å². The molecule has 0 aliphatic heterocycles. The highest BCUT2D eigenvalue weighted by molar-refractivity contribution is 5.95. The van der Waals surface area contributed by atoms with Crippen molar-refractivity contribution in [1.82, 2.24) is 5.32 Å². The number of aryl methyl sites for hydroxylation is 1. The molecule has 0 spiro atoms. The summed E-state index contributed by atoms with van der Waals surface area (Å²) in [4.78, 5) is 11.9. The fourth-order valence-corrected chi connectivity index (χ4v) is 1.93. The Morgan fingerprint density at radius 2 is 2.38 bits per heavy atom. The van der Waals surface area contributed by atoms with Crippen LogP contribution in [-0.2, 0) is 6.42 Å². The highest BCUT2D eigenvalue weighted by Crippen LogP contribution is 2.20. The third-order valence-electron chi connectivity index (χ3n) is 2.92. The number of hydrogen-bond donors (Lipinski definition) is 2. The number of nitrogens with one attached hydrogen (secondary N) is 1. The molecule has 0 aromatic carbocycles. The molecule has 1 aliphatic carbocycles. The van der Waals surface area contributed by atoms with Crippen molar-refractivity contribution < 1.29 is 14.3 Å². The van der Waals surface area contributed by atoms with E-state index in [1.165, 1.54) is 0 Å². The number of furan rings is 1. The number of carbonyl (C=O) groups excluding carboxylic acids is 1. The predicted molar refractivity (Wildman–Crippen MR) is 59.2 cm³/mol. The van der Waals surface area contributed by atoms with Crippen LogP contribution in [0.3, 0.4) is 0 Å². The molecular weight excluding hydrogens is 206 g/mol. The van der Waals surface area contributed by atoms with E-state index in [9.17, 15) is 4.79 Å². The SMILES string of the molecule is CCCc1occc1C(=O)NC1CC(O)C1. The molecule has 1 fully saturated rings. The van der Waals surface area contributed by atoms with Gasteiger partial charge in [0.1, 0.15) is 5.76 Å². The molecule has 0 radical (unpaired) electrons. The van der Waals surface area contributed by atoms with Gasteiger partial charge >= 0.3 is 0 Å². The van der Waals surface area contributed by atoms with Gasteiger partial charge in [0, 0.05) is 12.5 Å². The average molecular weight is 223 g/mol. The third kappa shape index (κ3) is 2.27. The molecule has 1 aromatic heterocycles. The maximum Gasteiger partial charge on any atom is 0.255 e. The van der Waals surface area contributed by atoms with E-state index in [1.54, 1.807) is 12.3 Å². The van der Waals surface area contributed by atoms with Crippen LogP contribution in [0.5, 0.6) is 0 Å². The highest BCUT2D eigenvalue weighted by atomic mass is 16.3. The molecule has 0 atom stereocenters. The molecule has 4 heteroatoms. The summed E-state index contributed by atoms with van der Waals surface area (Å²) in [6.07, 6.45) is 4.36. The first kappa shape index (κ1) is 11.2. The van der Waals surface area contributed by atoms with Crippen LogP contribution in [0.25, 0.3) is 0 Å². The van der Waals surface area contributed by atoms with Gasteiger partial charge < -0.3 is 14.8 Å². The smallest absolute Gasteiger partial charge is 0.255 e. The number of rotatable bonds is 4. The molecule has 1 aromatic rings. The standard InChI is InChI=1S/C12H17NO3/c1-2-3-11-10(4-5-16-11)12(15)13-8-6-9(14)7-8/h4-5,8-9,14H,2-3,6-7H2,1H3,(H,13,15). The number of amides is 1. The van der Waals surface area contributed by atoms with Crippen LogP contribution in [0.1, 0.15) is 42.3 Å². The van der Waals surface area contributed by atoms with Crippen molar-refractivity contribution in [3.05, 3.63) is 23.7 Å². The van der Waals surface area contributed by atoms with Crippen LogP contribution < -0.4 is 5.32 Å². The van der Waals surface area contributed by atoms with E-state index in [4.69, 9.17) is 9.52 Å². The van der Waals surface area contributed by atoms with Gasteiger partial charge in [0.2, 0.25) is 0 Å². The zero-order valence-corrected chi connectivity index (χ0v) is 9.40. The summed E-state index contributed by atoms with van der Waals surface area (Å²) in [6, 6.07) is 1.82. The lowest BCUT2D eigenvalue weighted by Crippen LogP contribution is -2.46. The van der Waals surface area contributed by atoms with E-state index in [0.717, 1.165) is 18.6 Å². The minimum Gasteiger partial charge on any atom is -0.469 e. The van der Waals surface area contributed by atoms with Gasteiger partial charge in [0.15, 0.2) is 0 Å². The van der Waals surface area contributed by atoms with Crippen LogP contribution in [0, 0.1) is 0 Å². The van der Waals surface area contributed by atoms with Crippen LogP contribution in [0.4, 0.5) is 0 Å². The Kier molecular flexibility index (Phi) is 3.29. The van der Waals surface area contributed by atoms with Gasteiger partial charge in [0.05, 0.1) is 17.9 Å². The minimum atomic E-state index is -0.246. The largest absolute Gasteiger partial charge is 0.469 e. The second kappa shape index (κ2) is 4.70. The summed E-state index contributed by atoms with van der Waals surface area (Å²) in [5, 5.41) is 12.0. The van der Waals surface area contributed by atoms with E-state index < -0.39 is 0 Å². The molecule has 1 aliphatic rings. The van der Waals surface area contributed by atoms with Crippen molar-refractivity contribution in [2.45, 2.75) is 44.8 Å². The molecule has 1 amide bonds. The van der Waals surface area contributed by atoms with Crippen molar-refractivity contribution in [2.75, 3.05) is 0 Å². The maximum absolute atomic E-state index is 11.9. The molecule has 0 saturated heterocycles. The molecular formula is C12H17NO3. The van der Waals surface area contributed by atoms with Gasteiger partial charge in [-0.2, -0.15) is 0 Å². The van der Waals surface area contributed by atoms with Gasteiger partial charge in [-0.15, -0.1) is 0 Å². The van der Waals surface area contributed by atoms with E-state index in [0.29, 0.717) is 18.4 Å². The fourth-order valence-electron chi connectivity index (χ4n) is 1.93. The summed E-state index contributed by atoms with van der Waals surface area (Å²) in [5.74, 6) is 0.661. The Morgan fingerprint density at radius 1 is 1.62 bits per heavy atom. The first-order valence-electron chi connectivity index (χ1n) is 5.76. The molecule has 4 nitrogen and oxygen atoms in total. The van der Waals surface area contributed by atoms with Gasteiger partial charge in [-0.1, -0.05) is 6.92 Å². The fraction of sp³-hybridized carbons (Fsp3) is 0.583. The monoisotopic (exact) mass is 223 g/mol. The predicted octanol–water partition coefficient (Wildman–Crippen LogP) is 1.49. The zero-order valence-electron chi connectivity index (χ0n) is 9.40. The first-order valence-corrected chi connectivity index (χ1v) is 5.76. The van der Waals surface area contributed by atoms with E-state index in [1.807, 2.05) is 6.92 Å². The second-order valence-corrected chi connectivity index (χ2v) is 4.30. The van der Waals surface area contributed by atoms with Crippen molar-refractivity contribution in [3.8, 4) is 0 Å².